The molecule has 4 rings (SSSR count). The van der Waals surface area contributed by atoms with Gasteiger partial charge in [0, 0.05) is 35.8 Å². The standard InChI is InChI=1S/C33H36N4O4/c1-33(2,3)41-32(40)35-19-9-5-8-12-29(38)23-15-13-22(14-16-23)24-17-18-26-28(20-24)36-21-27(31(34)39)30(26)37-25-10-6-4-7-11-25/h4,6-7,10-11,13-18,20-21H,5,8-9,12,19H2,1-3H3,(H2,34,39)(H,35,40)(H,36,37). The van der Waals surface area contributed by atoms with Gasteiger partial charge in [0.25, 0.3) is 5.91 Å². The largest absolute Gasteiger partial charge is 0.444 e. The monoisotopic (exact) mass is 552 g/mol. The number of carbonyl (C=O) groups is 3. The molecule has 0 saturated heterocycles. The van der Waals surface area contributed by atoms with Gasteiger partial charge in [0.05, 0.1) is 16.8 Å². The number of nitrogens with one attached hydrogen (secondary N) is 2. The van der Waals surface area contributed by atoms with Gasteiger partial charge in [-0.2, -0.15) is 0 Å². The van der Waals surface area contributed by atoms with Crippen molar-refractivity contribution in [2.45, 2.75) is 52.1 Å². The van der Waals surface area contributed by atoms with Gasteiger partial charge < -0.3 is 21.1 Å². The summed E-state index contributed by atoms with van der Waals surface area (Å²) in [7, 11) is 0. The fraction of sp³-hybridized carbons (Fsp3) is 0.273. The van der Waals surface area contributed by atoms with Crippen LogP contribution in [0.5, 0.6) is 0 Å². The number of rotatable bonds is 11. The Morgan fingerprint density at radius 2 is 1.59 bits per heavy atom. The van der Waals surface area contributed by atoms with Crippen molar-refractivity contribution in [2.75, 3.05) is 11.9 Å². The third-order valence-corrected chi connectivity index (χ3v) is 6.47. The topological polar surface area (TPSA) is 123 Å². The van der Waals surface area contributed by atoms with E-state index in [0.717, 1.165) is 41.5 Å². The fourth-order valence-corrected chi connectivity index (χ4v) is 4.45. The number of unbranched alkanes of at least 4 members (excludes halogenated alkanes) is 2. The Labute approximate surface area is 240 Å². The second-order valence-electron chi connectivity index (χ2n) is 10.9. The summed E-state index contributed by atoms with van der Waals surface area (Å²) in [6.45, 7) is 6.00. The van der Waals surface area contributed by atoms with E-state index in [4.69, 9.17) is 10.5 Å². The molecule has 4 aromatic rings. The molecule has 0 saturated carbocycles. The molecule has 8 heteroatoms. The molecule has 1 heterocycles. The number of benzene rings is 3. The number of aromatic nitrogens is 1. The molecule has 0 unspecified atom stereocenters. The predicted octanol–water partition coefficient (Wildman–Crippen LogP) is 7.01. The number of amides is 2. The number of hydrogen-bond donors (Lipinski definition) is 3. The molecule has 41 heavy (non-hydrogen) atoms. The minimum Gasteiger partial charge on any atom is -0.444 e. The van der Waals surface area contributed by atoms with Gasteiger partial charge in [-0.25, -0.2) is 4.79 Å². The highest BCUT2D eigenvalue weighted by atomic mass is 16.6. The molecule has 8 nitrogen and oxygen atoms in total. The maximum absolute atomic E-state index is 12.7. The maximum Gasteiger partial charge on any atom is 0.407 e. The van der Waals surface area contributed by atoms with Crippen LogP contribution in [0.3, 0.4) is 0 Å². The number of ether oxygens (including phenoxy) is 1. The Morgan fingerprint density at radius 1 is 0.878 bits per heavy atom. The number of Topliss-reactive ketones (excluding diaryl/α,β-unsaturated/α-hetero) is 1. The van der Waals surface area contributed by atoms with Gasteiger partial charge in [-0.15, -0.1) is 0 Å². The highest BCUT2D eigenvalue weighted by molar-refractivity contribution is 6.08. The van der Waals surface area contributed by atoms with E-state index in [1.54, 1.807) is 0 Å². The number of carbonyl (C=O) groups excluding carboxylic acids is 3. The number of alkyl carbamates (subject to hydrolysis) is 1. The first-order chi connectivity index (χ1) is 19.6. The van der Waals surface area contributed by atoms with Gasteiger partial charge in [0.15, 0.2) is 5.78 Å². The van der Waals surface area contributed by atoms with Crippen molar-refractivity contribution in [3.8, 4) is 11.1 Å². The van der Waals surface area contributed by atoms with E-state index in [1.165, 1.54) is 6.20 Å². The highest BCUT2D eigenvalue weighted by Crippen LogP contribution is 2.32. The maximum atomic E-state index is 12.7. The molecule has 3 aromatic carbocycles. The van der Waals surface area contributed by atoms with Crippen LogP contribution in [0, 0.1) is 0 Å². The second kappa shape index (κ2) is 13.1. The van der Waals surface area contributed by atoms with Gasteiger partial charge in [-0.3, -0.25) is 14.6 Å². The minimum absolute atomic E-state index is 0.0902. The molecule has 2 amide bonds. The molecule has 4 N–H and O–H groups in total. The average Bonchev–Trinajstić information content (AvgIpc) is 2.94. The van der Waals surface area contributed by atoms with Crippen molar-refractivity contribution in [1.29, 1.82) is 0 Å². The van der Waals surface area contributed by atoms with Gasteiger partial charge in [0.1, 0.15) is 5.60 Å². The fourth-order valence-electron chi connectivity index (χ4n) is 4.45. The van der Waals surface area contributed by atoms with Crippen LogP contribution < -0.4 is 16.4 Å². The van der Waals surface area contributed by atoms with Gasteiger partial charge in [-0.1, -0.05) is 61.0 Å². The normalized spacial score (nSPS) is 11.2. The summed E-state index contributed by atoms with van der Waals surface area (Å²) >= 11 is 0. The number of nitrogens with two attached hydrogens (primary N) is 1. The summed E-state index contributed by atoms with van der Waals surface area (Å²) in [5.74, 6) is -0.466. The summed E-state index contributed by atoms with van der Waals surface area (Å²) < 4.78 is 5.22. The Kier molecular flexibility index (Phi) is 9.34. The number of pyridine rings is 1. The summed E-state index contributed by atoms with van der Waals surface area (Å²) in [5, 5.41) is 6.83. The molecule has 212 valence electrons. The summed E-state index contributed by atoms with van der Waals surface area (Å²) in [4.78, 5) is 41.0. The van der Waals surface area contributed by atoms with E-state index >= 15 is 0 Å². The summed E-state index contributed by atoms with van der Waals surface area (Å²) in [6, 6.07) is 23.0. The third kappa shape index (κ3) is 8.14. The summed E-state index contributed by atoms with van der Waals surface area (Å²) in [5.41, 5.74) is 10.2. The van der Waals surface area contributed by atoms with E-state index in [1.807, 2.05) is 93.6 Å². The van der Waals surface area contributed by atoms with Crippen LogP contribution in [0.15, 0.2) is 79.0 Å². The Hall–Kier alpha value is -4.72. The van der Waals surface area contributed by atoms with E-state index in [2.05, 4.69) is 15.6 Å². The Morgan fingerprint density at radius 3 is 2.27 bits per heavy atom. The van der Waals surface area contributed by atoms with Gasteiger partial charge in [0.2, 0.25) is 0 Å². The first-order valence-electron chi connectivity index (χ1n) is 13.8. The van der Waals surface area contributed by atoms with Crippen LogP contribution in [0.1, 0.15) is 67.2 Å². The second-order valence-corrected chi connectivity index (χ2v) is 10.9. The lowest BCUT2D eigenvalue weighted by Gasteiger charge is -2.19. The molecule has 0 radical (unpaired) electrons. The molecular formula is C33H36N4O4. The first-order valence-corrected chi connectivity index (χ1v) is 13.8. The van der Waals surface area contributed by atoms with Crippen LogP contribution in [0.25, 0.3) is 22.0 Å². The van der Waals surface area contributed by atoms with Crippen LogP contribution in [0.2, 0.25) is 0 Å². The van der Waals surface area contributed by atoms with Crippen molar-refractivity contribution in [3.63, 3.8) is 0 Å². The molecule has 0 aliphatic carbocycles. The third-order valence-electron chi connectivity index (χ3n) is 6.47. The average molecular weight is 553 g/mol. The van der Waals surface area contributed by atoms with Crippen molar-refractivity contribution >= 4 is 40.1 Å². The zero-order valence-electron chi connectivity index (χ0n) is 23.7. The van der Waals surface area contributed by atoms with E-state index < -0.39 is 17.6 Å². The summed E-state index contributed by atoms with van der Waals surface area (Å²) in [6.07, 6.45) is 3.89. The SMILES string of the molecule is CC(C)(C)OC(=O)NCCCCCC(=O)c1ccc(-c2ccc3c(Nc4ccccc4)c(C(N)=O)cnc3c2)cc1. The van der Waals surface area contributed by atoms with Gasteiger partial charge >= 0.3 is 6.09 Å². The highest BCUT2D eigenvalue weighted by Gasteiger charge is 2.16. The predicted molar refractivity (Wildman–Crippen MR) is 162 cm³/mol. The smallest absolute Gasteiger partial charge is 0.407 e. The van der Waals surface area contributed by atoms with Crippen molar-refractivity contribution in [3.05, 3.63) is 90.1 Å². The molecule has 0 aliphatic heterocycles. The number of para-hydroxylation sites is 1. The van der Waals surface area contributed by atoms with E-state index in [0.29, 0.717) is 35.3 Å². The molecule has 0 bridgehead atoms. The number of nitrogens with zero attached hydrogens (tertiary/aromatic N) is 1. The Balaban J connectivity index is 1.37. The first kappa shape index (κ1) is 29.3. The lowest BCUT2D eigenvalue weighted by Crippen LogP contribution is -2.32. The molecule has 0 aliphatic rings. The van der Waals surface area contributed by atoms with E-state index in [9.17, 15) is 14.4 Å². The zero-order chi connectivity index (χ0) is 29.4. The number of hydrogen-bond acceptors (Lipinski definition) is 6. The molecule has 0 spiro atoms. The molecule has 0 atom stereocenters. The minimum atomic E-state index is -0.556. The number of anilines is 2. The molecule has 1 aromatic heterocycles. The lowest BCUT2D eigenvalue weighted by atomic mass is 9.98. The molecule has 0 fully saturated rings. The van der Waals surface area contributed by atoms with Crippen LogP contribution in [-0.2, 0) is 4.74 Å². The van der Waals surface area contributed by atoms with Crippen molar-refractivity contribution in [2.24, 2.45) is 5.73 Å². The molecular weight excluding hydrogens is 516 g/mol. The Bertz CT molecular complexity index is 1530. The van der Waals surface area contributed by atoms with Gasteiger partial charge in [-0.05, 0) is 62.9 Å². The zero-order valence-corrected chi connectivity index (χ0v) is 23.7. The van der Waals surface area contributed by atoms with Crippen LogP contribution >= 0.6 is 0 Å². The number of primary amides is 1. The van der Waals surface area contributed by atoms with E-state index in [-0.39, 0.29) is 5.78 Å². The van der Waals surface area contributed by atoms with Crippen molar-refractivity contribution < 1.29 is 19.1 Å². The number of fused-ring (bicyclic) bond motifs is 1. The van der Waals surface area contributed by atoms with Crippen LogP contribution in [0.4, 0.5) is 16.2 Å². The lowest BCUT2D eigenvalue weighted by molar-refractivity contribution is 0.0526. The van der Waals surface area contributed by atoms with Crippen LogP contribution in [-0.4, -0.2) is 34.9 Å². The number of ketones is 1. The quantitative estimate of drug-likeness (QED) is 0.136. The van der Waals surface area contributed by atoms with Crippen molar-refractivity contribution in [1.82, 2.24) is 10.3 Å².